The van der Waals surface area contributed by atoms with Gasteiger partial charge in [0.05, 0.1) is 18.0 Å². The minimum atomic E-state index is -2.75. The van der Waals surface area contributed by atoms with Crippen LogP contribution in [0.4, 0.5) is 20.2 Å². The van der Waals surface area contributed by atoms with Gasteiger partial charge in [-0.05, 0) is 0 Å². The summed E-state index contributed by atoms with van der Waals surface area (Å²) in [5, 5.41) is 8.71. The first-order valence-corrected chi connectivity index (χ1v) is 3.49. The number of rotatable bonds is 2. The standard InChI is InChI=1S/C7H9F2N3O/c8-7(9)6-5(11)4(10)3(2-13)1-12-6/h1,7,13H,2,11H2,(H2,10,12). The van der Waals surface area contributed by atoms with E-state index < -0.39 is 12.1 Å². The molecule has 1 aromatic rings. The molecule has 0 atom stereocenters. The van der Waals surface area contributed by atoms with E-state index in [1.165, 1.54) is 0 Å². The van der Waals surface area contributed by atoms with E-state index in [1.807, 2.05) is 0 Å². The van der Waals surface area contributed by atoms with Crippen molar-refractivity contribution in [3.05, 3.63) is 17.5 Å². The molecule has 72 valence electrons. The molecule has 0 aliphatic carbocycles. The Bertz CT molecular complexity index is 317. The van der Waals surface area contributed by atoms with E-state index in [9.17, 15) is 8.78 Å². The van der Waals surface area contributed by atoms with Gasteiger partial charge >= 0.3 is 0 Å². The molecule has 0 radical (unpaired) electrons. The van der Waals surface area contributed by atoms with Crippen LogP contribution in [0.3, 0.4) is 0 Å². The third kappa shape index (κ3) is 1.67. The van der Waals surface area contributed by atoms with Crippen LogP contribution >= 0.6 is 0 Å². The van der Waals surface area contributed by atoms with Crippen molar-refractivity contribution in [2.24, 2.45) is 0 Å². The van der Waals surface area contributed by atoms with Crippen molar-refractivity contribution >= 4 is 11.4 Å². The van der Waals surface area contributed by atoms with Crippen LogP contribution in [0.5, 0.6) is 0 Å². The predicted octanol–water partition coefficient (Wildman–Crippen LogP) is 0.676. The second kappa shape index (κ2) is 3.53. The maximum absolute atomic E-state index is 12.2. The van der Waals surface area contributed by atoms with E-state index >= 15 is 0 Å². The van der Waals surface area contributed by atoms with E-state index in [0.29, 0.717) is 0 Å². The highest BCUT2D eigenvalue weighted by Gasteiger charge is 2.16. The van der Waals surface area contributed by atoms with Crippen molar-refractivity contribution in [3.63, 3.8) is 0 Å². The summed E-state index contributed by atoms with van der Waals surface area (Å²) in [5.74, 6) is 0. The van der Waals surface area contributed by atoms with Crippen molar-refractivity contribution in [1.29, 1.82) is 0 Å². The zero-order valence-electron chi connectivity index (χ0n) is 6.67. The van der Waals surface area contributed by atoms with Crippen molar-refractivity contribution in [3.8, 4) is 0 Å². The maximum Gasteiger partial charge on any atom is 0.282 e. The van der Waals surface area contributed by atoms with Crippen LogP contribution < -0.4 is 11.5 Å². The maximum atomic E-state index is 12.2. The highest BCUT2D eigenvalue weighted by atomic mass is 19.3. The van der Waals surface area contributed by atoms with E-state index in [-0.39, 0.29) is 23.5 Å². The molecule has 0 bridgehead atoms. The number of aromatic nitrogens is 1. The molecule has 6 heteroatoms. The molecular weight excluding hydrogens is 180 g/mol. The monoisotopic (exact) mass is 189 g/mol. The number of halogens is 2. The Morgan fingerprint density at radius 2 is 2.00 bits per heavy atom. The van der Waals surface area contributed by atoms with Crippen molar-refractivity contribution in [2.45, 2.75) is 13.0 Å². The number of nitrogen functional groups attached to an aromatic ring is 2. The molecule has 0 saturated carbocycles. The number of nitrogens with two attached hydrogens (primary N) is 2. The first-order chi connectivity index (χ1) is 6.07. The lowest BCUT2D eigenvalue weighted by atomic mass is 10.2. The van der Waals surface area contributed by atoms with Gasteiger partial charge in [0.2, 0.25) is 0 Å². The number of alkyl halides is 2. The SMILES string of the molecule is Nc1c(CO)cnc(C(F)F)c1N. The lowest BCUT2D eigenvalue weighted by molar-refractivity contribution is 0.147. The Balaban J connectivity index is 3.23. The summed E-state index contributed by atoms with van der Waals surface area (Å²) in [7, 11) is 0. The number of nitrogens with zero attached hydrogens (tertiary/aromatic N) is 1. The Morgan fingerprint density at radius 3 is 2.46 bits per heavy atom. The number of hydrogen-bond acceptors (Lipinski definition) is 4. The van der Waals surface area contributed by atoms with Crippen LogP contribution in [0.2, 0.25) is 0 Å². The summed E-state index contributed by atoms with van der Waals surface area (Å²) >= 11 is 0. The van der Waals surface area contributed by atoms with Crippen LogP contribution in [0, 0.1) is 0 Å². The molecule has 0 fully saturated rings. The Morgan fingerprint density at radius 1 is 1.38 bits per heavy atom. The topological polar surface area (TPSA) is 85.2 Å². The Hall–Kier alpha value is -1.43. The molecule has 0 aromatic carbocycles. The molecular formula is C7H9F2N3O. The molecule has 0 unspecified atom stereocenters. The van der Waals surface area contributed by atoms with Gasteiger partial charge in [0.15, 0.2) is 0 Å². The molecule has 1 rings (SSSR count). The second-order valence-electron chi connectivity index (χ2n) is 2.45. The quantitative estimate of drug-likeness (QED) is 0.638. The molecule has 0 aliphatic heterocycles. The first-order valence-electron chi connectivity index (χ1n) is 3.49. The summed E-state index contributed by atoms with van der Waals surface area (Å²) < 4.78 is 24.4. The number of pyridine rings is 1. The second-order valence-corrected chi connectivity index (χ2v) is 2.45. The van der Waals surface area contributed by atoms with Crippen LogP contribution in [-0.4, -0.2) is 10.1 Å². The molecule has 1 aromatic heterocycles. The lowest BCUT2D eigenvalue weighted by Crippen LogP contribution is -2.06. The van der Waals surface area contributed by atoms with Crippen molar-refractivity contribution < 1.29 is 13.9 Å². The average molecular weight is 189 g/mol. The molecule has 1 heterocycles. The van der Waals surface area contributed by atoms with Crippen LogP contribution in [0.1, 0.15) is 17.7 Å². The fourth-order valence-electron chi connectivity index (χ4n) is 0.897. The first kappa shape index (κ1) is 9.66. The third-order valence-corrected chi connectivity index (χ3v) is 1.65. The van der Waals surface area contributed by atoms with Crippen molar-refractivity contribution in [1.82, 2.24) is 4.98 Å². The molecule has 0 aliphatic rings. The minimum absolute atomic E-state index is 0.0344. The van der Waals surface area contributed by atoms with Gasteiger partial charge in [-0.15, -0.1) is 0 Å². The molecule has 0 spiro atoms. The summed E-state index contributed by atoms with van der Waals surface area (Å²) in [6.07, 6.45) is -1.66. The zero-order chi connectivity index (χ0) is 10.0. The van der Waals surface area contributed by atoms with E-state index in [4.69, 9.17) is 16.6 Å². The normalized spacial score (nSPS) is 10.8. The molecule has 0 amide bonds. The predicted molar refractivity (Wildman–Crippen MR) is 43.9 cm³/mol. The zero-order valence-corrected chi connectivity index (χ0v) is 6.67. The van der Waals surface area contributed by atoms with Crippen molar-refractivity contribution in [2.75, 3.05) is 11.5 Å². The van der Waals surface area contributed by atoms with E-state index in [0.717, 1.165) is 6.20 Å². The summed E-state index contributed by atoms with van der Waals surface area (Å²) in [4.78, 5) is 3.39. The number of hydrogen-bond donors (Lipinski definition) is 3. The Labute approximate surface area is 73.2 Å². The van der Waals surface area contributed by atoms with E-state index in [1.54, 1.807) is 0 Å². The Kier molecular flexibility index (Phi) is 2.62. The van der Waals surface area contributed by atoms with Gasteiger partial charge in [0.25, 0.3) is 6.43 Å². The summed E-state index contributed by atoms with van der Waals surface area (Å²) in [6.45, 7) is -0.369. The fourth-order valence-corrected chi connectivity index (χ4v) is 0.897. The fraction of sp³-hybridized carbons (Fsp3) is 0.286. The average Bonchev–Trinajstić information content (AvgIpc) is 2.09. The highest BCUT2D eigenvalue weighted by molar-refractivity contribution is 5.69. The van der Waals surface area contributed by atoms with Crippen LogP contribution in [-0.2, 0) is 6.61 Å². The van der Waals surface area contributed by atoms with Crippen LogP contribution in [0.25, 0.3) is 0 Å². The third-order valence-electron chi connectivity index (χ3n) is 1.65. The molecule has 13 heavy (non-hydrogen) atoms. The summed E-state index contributed by atoms with van der Waals surface area (Å²) in [5.41, 5.74) is 10.1. The molecule has 5 N–H and O–H groups in total. The number of anilines is 2. The van der Waals surface area contributed by atoms with Gasteiger partial charge in [0, 0.05) is 11.8 Å². The van der Waals surface area contributed by atoms with Gasteiger partial charge in [-0.1, -0.05) is 0 Å². The molecule has 4 nitrogen and oxygen atoms in total. The van der Waals surface area contributed by atoms with Crippen LogP contribution in [0.15, 0.2) is 6.20 Å². The van der Waals surface area contributed by atoms with E-state index in [2.05, 4.69) is 4.98 Å². The minimum Gasteiger partial charge on any atom is -0.397 e. The van der Waals surface area contributed by atoms with Gasteiger partial charge in [0.1, 0.15) is 5.69 Å². The highest BCUT2D eigenvalue weighted by Crippen LogP contribution is 2.29. The van der Waals surface area contributed by atoms with Gasteiger partial charge in [-0.2, -0.15) is 0 Å². The number of aliphatic hydroxyl groups is 1. The molecule has 0 saturated heterocycles. The largest absolute Gasteiger partial charge is 0.397 e. The lowest BCUT2D eigenvalue weighted by Gasteiger charge is -2.09. The van der Waals surface area contributed by atoms with Gasteiger partial charge < -0.3 is 16.6 Å². The van der Waals surface area contributed by atoms with Gasteiger partial charge in [-0.3, -0.25) is 4.98 Å². The smallest absolute Gasteiger partial charge is 0.282 e. The summed E-state index contributed by atoms with van der Waals surface area (Å²) in [6, 6.07) is 0. The van der Waals surface area contributed by atoms with Gasteiger partial charge in [-0.25, -0.2) is 8.78 Å². The number of aliphatic hydroxyl groups excluding tert-OH is 1.